The largest absolute Gasteiger partial charge is 0.310 e. The fourth-order valence-electron chi connectivity index (χ4n) is 1.80. The Bertz CT molecular complexity index is 522. The number of hydrogen-bond donors (Lipinski definition) is 1. The Morgan fingerprint density at radius 3 is 2.32 bits per heavy atom. The first-order valence-corrected chi connectivity index (χ1v) is 8.00. The van der Waals surface area contributed by atoms with Gasteiger partial charge in [0.15, 0.2) is 0 Å². The molecule has 0 amide bonds. The summed E-state index contributed by atoms with van der Waals surface area (Å²) < 4.78 is 25.5. The molecule has 0 saturated heterocycles. The second kappa shape index (κ2) is 6.50. The Hall–Kier alpha value is -0.910. The summed E-state index contributed by atoms with van der Waals surface area (Å²) in [5.74, 6) is 0. The third kappa shape index (κ3) is 4.03. The van der Waals surface area contributed by atoms with Gasteiger partial charge in [-0.1, -0.05) is 26.8 Å². The quantitative estimate of drug-likeness (QED) is 0.869. The van der Waals surface area contributed by atoms with Crippen molar-refractivity contribution >= 4 is 10.0 Å². The monoisotopic (exact) mass is 284 g/mol. The van der Waals surface area contributed by atoms with Crippen molar-refractivity contribution in [2.45, 2.75) is 44.7 Å². The normalized spacial score (nSPS) is 12.4. The first-order valence-electron chi connectivity index (χ1n) is 6.56. The van der Waals surface area contributed by atoms with Crippen molar-refractivity contribution in [1.82, 2.24) is 9.62 Å². The fraction of sp³-hybridized carbons (Fsp3) is 0.571. The van der Waals surface area contributed by atoms with Gasteiger partial charge in [0, 0.05) is 26.7 Å². The molecule has 0 aliphatic carbocycles. The topological polar surface area (TPSA) is 49.4 Å². The SMILES string of the molecule is CCc1ccc(S(=O)(=O)N(C)C)cc1CNC(C)C. The van der Waals surface area contributed by atoms with E-state index in [4.69, 9.17) is 0 Å². The Balaban J connectivity index is 3.15. The molecule has 4 nitrogen and oxygen atoms in total. The molecule has 0 aliphatic heterocycles. The van der Waals surface area contributed by atoms with Crippen LogP contribution in [-0.2, 0) is 23.0 Å². The van der Waals surface area contributed by atoms with E-state index in [0.29, 0.717) is 17.5 Å². The van der Waals surface area contributed by atoms with Crippen LogP contribution in [0.4, 0.5) is 0 Å². The minimum atomic E-state index is -3.36. The molecule has 0 aliphatic rings. The van der Waals surface area contributed by atoms with Gasteiger partial charge in [0.25, 0.3) is 0 Å². The van der Waals surface area contributed by atoms with Gasteiger partial charge in [0.2, 0.25) is 10.0 Å². The molecule has 1 rings (SSSR count). The van der Waals surface area contributed by atoms with Crippen LogP contribution in [0.5, 0.6) is 0 Å². The van der Waals surface area contributed by atoms with Crippen molar-refractivity contribution < 1.29 is 8.42 Å². The second-order valence-electron chi connectivity index (χ2n) is 5.11. The van der Waals surface area contributed by atoms with Crippen LogP contribution in [0.15, 0.2) is 23.1 Å². The number of hydrogen-bond acceptors (Lipinski definition) is 3. The van der Waals surface area contributed by atoms with Crippen molar-refractivity contribution in [3.63, 3.8) is 0 Å². The van der Waals surface area contributed by atoms with E-state index in [-0.39, 0.29) is 0 Å². The molecule has 0 aromatic heterocycles. The first kappa shape index (κ1) is 16.1. The van der Waals surface area contributed by atoms with Gasteiger partial charge in [0.05, 0.1) is 4.90 Å². The zero-order chi connectivity index (χ0) is 14.6. The van der Waals surface area contributed by atoms with E-state index in [1.807, 2.05) is 6.07 Å². The van der Waals surface area contributed by atoms with Crippen molar-refractivity contribution in [3.8, 4) is 0 Å². The number of benzene rings is 1. The molecule has 108 valence electrons. The Kier molecular flexibility index (Phi) is 5.52. The molecule has 0 heterocycles. The maximum absolute atomic E-state index is 12.1. The smallest absolute Gasteiger partial charge is 0.242 e. The molecular weight excluding hydrogens is 260 g/mol. The minimum Gasteiger partial charge on any atom is -0.310 e. The van der Waals surface area contributed by atoms with Crippen LogP contribution in [-0.4, -0.2) is 32.9 Å². The number of rotatable bonds is 6. The van der Waals surface area contributed by atoms with Crippen LogP contribution < -0.4 is 5.32 Å². The van der Waals surface area contributed by atoms with Gasteiger partial charge < -0.3 is 5.32 Å². The highest BCUT2D eigenvalue weighted by Crippen LogP contribution is 2.19. The van der Waals surface area contributed by atoms with E-state index in [2.05, 4.69) is 26.1 Å². The molecule has 0 radical (unpaired) electrons. The molecule has 0 unspecified atom stereocenters. The Morgan fingerprint density at radius 1 is 1.21 bits per heavy atom. The van der Waals surface area contributed by atoms with Gasteiger partial charge in [0.1, 0.15) is 0 Å². The first-order chi connectivity index (χ1) is 8.78. The number of nitrogens with zero attached hydrogens (tertiary/aromatic N) is 1. The standard InChI is InChI=1S/C14H24N2O2S/c1-6-12-7-8-14(19(17,18)16(4)5)9-13(12)10-15-11(2)3/h7-9,11,15H,6,10H2,1-5H3. The maximum Gasteiger partial charge on any atom is 0.242 e. The molecular formula is C14H24N2O2S. The molecule has 5 heteroatoms. The predicted molar refractivity (Wildman–Crippen MR) is 78.7 cm³/mol. The average molecular weight is 284 g/mol. The van der Waals surface area contributed by atoms with Crippen molar-refractivity contribution in [2.24, 2.45) is 0 Å². The van der Waals surface area contributed by atoms with Gasteiger partial charge in [-0.05, 0) is 29.7 Å². The maximum atomic E-state index is 12.1. The van der Waals surface area contributed by atoms with Crippen LogP contribution in [0.25, 0.3) is 0 Å². The van der Waals surface area contributed by atoms with Crippen molar-refractivity contribution in [2.75, 3.05) is 14.1 Å². The molecule has 1 N–H and O–H groups in total. The summed E-state index contributed by atoms with van der Waals surface area (Å²) in [7, 11) is -0.256. The van der Waals surface area contributed by atoms with Crippen LogP contribution in [0.3, 0.4) is 0 Å². The van der Waals surface area contributed by atoms with Crippen LogP contribution in [0, 0.1) is 0 Å². The zero-order valence-corrected chi connectivity index (χ0v) is 13.2. The van der Waals surface area contributed by atoms with E-state index in [0.717, 1.165) is 12.0 Å². The summed E-state index contributed by atoms with van der Waals surface area (Å²) >= 11 is 0. The van der Waals surface area contributed by atoms with Crippen molar-refractivity contribution in [1.29, 1.82) is 0 Å². The molecule has 1 aromatic carbocycles. The second-order valence-corrected chi connectivity index (χ2v) is 7.26. The number of aryl methyl sites for hydroxylation is 1. The lowest BCUT2D eigenvalue weighted by Gasteiger charge is -2.16. The summed E-state index contributed by atoms with van der Waals surface area (Å²) in [6.07, 6.45) is 0.900. The lowest BCUT2D eigenvalue weighted by Crippen LogP contribution is -2.24. The van der Waals surface area contributed by atoms with E-state index in [1.165, 1.54) is 9.87 Å². The molecule has 1 aromatic rings. The van der Waals surface area contributed by atoms with Crippen LogP contribution in [0.1, 0.15) is 31.9 Å². The molecule has 0 fully saturated rings. The zero-order valence-electron chi connectivity index (χ0n) is 12.4. The van der Waals surface area contributed by atoms with Gasteiger partial charge in [-0.15, -0.1) is 0 Å². The summed E-state index contributed by atoms with van der Waals surface area (Å²) in [5, 5.41) is 3.34. The minimum absolute atomic E-state index is 0.357. The third-order valence-corrected chi connectivity index (χ3v) is 4.85. The number of sulfonamides is 1. The molecule has 0 saturated carbocycles. The predicted octanol–water partition coefficient (Wildman–Crippen LogP) is 2.00. The molecule has 0 spiro atoms. The van der Waals surface area contributed by atoms with Gasteiger partial charge in [-0.3, -0.25) is 0 Å². The summed E-state index contributed by atoms with van der Waals surface area (Å²) in [6, 6.07) is 5.75. The van der Waals surface area contributed by atoms with Gasteiger partial charge in [-0.2, -0.15) is 0 Å². The van der Waals surface area contributed by atoms with Crippen LogP contribution in [0.2, 0.25) is 0 Å². The summed E-state index contributed by atoms with van der Waals surface area (Å²) in [5.41, 5.74) is 2.24. The molecule has 0 bridgehead atoms. The average Bonchev–Trinajstić information content (AvgIpc) is 2.35. The van der Waals surface area contributed by atoms with Gasteiger partial charge >= 0.3 is 0 Å². The molecule has 19 heavy (non-hydrogen) atoms. The fourth-order valence-corrected chi connectivity index (χ4v) is 2.75. The van der Waals surface area contributed by atoms with Crippen LogP contribution >= 0.6 is 0 Å². The summed E-state index contributed by atoms with van der Waals surface area (Å²) in [6.45, 7) is 6.92. The Labute approximate surface area is 116 Å². The lowest BCUT2D eigenvalue weighted by atomic mass is 10.1. The number of nitrogens with one attached hydrogen (secondary N) is 1. The highest BCUT2D eigenvalue weighted by Gasteiger charge is 2.18. The van der Waals surface area contributed by atoms with E-state index >= 15 is 0 Å². The molecule has 0 atom stereocenters. The Morgan fingerprint density at radius 2 is 1.84 bits per heavy atom. The highest BCUT2D eigenvalue weighted by molar-refractivity contribution is 7.89. The third-order valence-electron chi connectivity index (χ3n) is 3.04. The lowest BCUT2D eigenvalue weighted by molar-refractivity contribution is 0.520. The van der Waals surface area contributed by atoms with Gasteiger partial charge in [-0.25, -0.2) is 12.7 Å². The van der Waals surface area contributed by atoms with E-state index < -0.39 is 10.0 Å². The van der Waals surface area contributed by atoms with E-state index in [1.54, 1.807) is 26.2 Å². The van der Waals surface area contributed by atoms with E-state index in [9.17, 15) is 8.42 Å². The van der Waals surface area contributed by atoms with Crippen molar-refractivity contribution in [3.05, 3.63) is 29.3 Å². The summed E-state index contributed by atoms with van der Waals surface area (Å²) in [4.78, 5) is 0.357. The highest BCUT2D eigenvalue weighted by atomic mass is 32.2.